The molecule has 3 rings (SSSR count). The Labute approximate surface area is 141 Å². The fourth-order valence-corrected chi connectivity index (χ4v) is 2.43. The van der Waals surface area contributed by atoms with Gasteiger partial charge in [0.05, 0.1) is 0 Å². The lowest BCUT2D eigenvalue weighted by molar-refractivity contribution is 0.0988. The van der Waals surface area contributed by atoms with Crippen molar-refractivity contribution < 1.29 is 9.53 Å². The predicted molar refractivity (Wildman–Crippen MR) is 94.5 cm³/mol. The summed E-state index contributed by atoms with van der Waals surface area (Å²) in [6.45, 7) is 2.55. The molecule has 0 N–H and O–H groups in total. The quantitative estimate of drug-likeness (QED) is 0.693. The summed E-state index contributed by atoms with van der Waals surface area (Å²) in [4.78, 5) is 18.7. The van der Waals surface area contributed by atoms with Gasteiger partial charge in [0, 0.05) is 30.1 Å². The molecule has 0 aliphatic heterocycles. The highest BCUT2D eigenvalue weighted by atomic mass is 16.5. The first-order valence-electron chi connectivity index (χ1n) is 7.84. The van der Waals surface area contributed by atoms with Gasteiger partial charge >= 0.3 is 0 Å². The highest BCUT2D eigenvalue weighted by Gasteiger charge is 2.16. The number of amides is 1. The Balaban J connectivity index is 1.83. The molecule has 3 aromatic rings. The summed E-state index contributed by atoms with van der Waals surface area (Å²) < 4.78 is 5.71. The topological polar surface area (TPSA) is 42.4 Å². The first-order chi connectivity index (χ1) is 11.8. The van der Waals surface area contributed by atoms with Gasteiger partial charge in [-0.3, -0.25) is 4.79 Å². The van der Waals surface area contributed by atoms with Gasteiger partial charge in [0.25, 0.3) is 5.91 Å². The van der Waals surface area contributed by atoms with Crippen molar-refractivity contribution in [1.29, 1.82) is 0 Å². The summed E-state index contributed by atoms with van der Waals surface area (Å²) in [5.41, 5.74) is 1.45. The van der Waals surface area contributed by atoms with Crippen LogP contribution >= 0.6 is 0 Å². The normalized spacial score (nSPS) is 10.2. The van der Waals surface area contributed by atoms with Gasteiger partial charge in [0.15, 0.2) is 0 Å². The second kappa shape index (κ2) is 7.42. The SMILES string of the molecule is CCN(C(=O)c1cccc(Oc2ccccn2)c1)c1ccccc1. The van der Waals surface area contributed by atoms with Crippen LogP contribution in [0.3, 0.4) is 0 Å². The zero-order valence-electron chi connectivity index (χ0n) is 13.4. The Morgan fingerprint density at radius 1 is 1.00 bits per heavy atom. The first-order valence-corrected chi connectivity index (χ1v) is 7.84. The molecule has 1 heterocycles. The molecule has 0 unspecified atom stereocenters. The largest absolute Gasteiger partial charge is 0.439 e. The summed E-state index contributed by atoms with van der Waals surface area (Å²) in [5, 5.41) is 0. The van der Waals surface area contributed by atoms with Crippen molar-refractivity contribution in [3.05, 3.63) is 84.6 Å². The third-order valence-electron chi connectivity index (χ3n) is 3.57. The molecular weight excluding hydrogens is 300 g/mol. The third-order valence-corrected chi connectivity index (χ3v) is 3.57. The van der Waals surface area contributed by atoms with E-state index in [-0.39, 0.29) is 5.91 Å². The molecular formula is C20H18N2O2. The smallest absolute Gasteiger partial charge is 0.258 e. The van der Waals surface area contributed by atoms with Crippen molar-refractivity contribution in [1.82, 2.24) is 4.98 Å². The van der Waals surface area contributed by atoms with Gasteiger partial charge in [-0.2, -0.15) is 0 Å². The van der Waals surface area contributed by atoms with Crippen molar-refractivity contribution in [2.45, 2.75) is 6.92 Å². The summed E-state index contributed by atoms with van der Waals surface area (Å²) >= 11 is 0. The average molecular weight is 318 g/mol. The molecule has 0 saturated carbocycles. The van der Waals surface area contributed by atoms with Crippen LogP contribution in [0.25, 0.3) is 0 Å². The molecule has 4 nitrogen and oxygen atoms in total. The van der Waals surface area contributed by atoms with Gasteiger partial charge in [-0.05, 0) is 43.3 Å². The van der Waals surface area contributed by atoms with E-state index in [0.717, 1.165) is 5.69 Å². The Kier molecular flexibility index (Phi) is 4.87. The van der Waals surface area contributed by atoms with Crippen molar-refractivity contribution in [2.24, 2.45) is 0 Å². The van der Waals surface area contributed by atoms with Crippen molar-refractivity contribution >= 4 is 11.6 Å². The van der Waals surface area contributed by atoms with Crippen molar-refractivity contribution in [3.8, 4) is 11.6 Å². The number of hydrogen-bond donors (Lipinski definition) is 0. The van der Waals surface area contributed by atoms with E-state index < -0.39 is 0 Å². The third kappa shape index (κ3) is 3.60. The van der Waals surface area contributed by atoms with E-state index >= 15 is 0 Å². The number of para-hydroxylation sites is 1. The van der Waals surface area contributed by atoms with Crippen LogP contribution in [0, 0.1) is 0 Å². The van der Waals surface area contributed by atoms with E-state index in [4.69, 9.17) is 4.74 Å². The second-order valence-corrected chi connectivity index (χ2v) is 5.18. The maximum atomic E-state index is 12.8. The molecule has 0 spiro atoms. The van der Waals surface area contributed by atoms with E-state index in [2.05, 4.69) is 4.98 Å². The lowest BCUT2D eigenvalue weighted by Gasteiger charge is -2.21. The molecule has 0 aliphatic carbocycles. The number of benzene rings is 2. The molecule has 4 heteroatoms. The number of hydrogen-bond acceptors (Lipinski definition) is 3. The summed E-state index contributed by atoms with van der Waals surface area (Å²) in [6.07, 6.45) is 1.67. The number of pyridine rings is 1. The fourth-order valence-electron chi connectivity index (χ4n) is 2.43. The molecule has 1 aromatic heterocycles. The molecule has 0 bridgehead atoms. The maximum absolute atomic E-state index is 12.8. The Bertz CT molecular complexity index is 804. The van der Waals surface area contributed by atoms with E-state index in [9.17, 15) is 4.79 Å². The number of carbonyl (C=O) groups is 1. The monoisotopic (exact) mass is 318 g/mol. The molecule has 1 amide bonds. The van der Waals surface area contributed by atoms with E-state index in [1.54, 1.807) is 29.3 Å². The first kappa shape index (κ1) is 15.7. The van der Waals surface area contributed by atoms with Crippen LogP contribution in [-0.4, -0.2) is 17.4 Å². The number of rotatable bonds is 5. The number of aromatic nitrogens is 1. The molecule has 0 saturated heterocycles. The van der Waals surface area contributed by atoms with Crippen LogP contribution in [0.4, 0.5) is 5.69 Å². The lowest BCUT2D eigenvalue weighted by atomic mass is 10.1. The van der Waals surface area contributed by atoms with Crippen LogP contribution in [0.2, 0.25) is 0 Å². The summed E-state index contributed by atoms with van der Waals surface area (Å²) in [5.74, 6) is 1.02. The van der Waals surface area contributed by atoms with Crippen LogP contribution in [0.5, 0.6) is 11.6 Å². The highest BCUT2D eigenvalue weighted by Crippen LogP contribution is 2.22. The number of anilines is 1. The molecule has 0 aliphatic rings. The number of ether oxygens (including phenoxy) is 1. The van der Waals surface area contributed by atoms with Crippen molar-refractivity contribution in [3.63, 3.8) is 0 Å². The number of nitrogens with zero attached hydrogens (tertiary/aromatic N) is 2. The van der Waals surface area contributed by atoms with Crippen LogP contribution in [0.1, 0.15) is 17.3 Å². The minimum absolute atomic E-state index is 0.0600. The predicted octanol–water partition coefficient (Wildman–Crippen LogP) is 4.54. The minimum atomic E-state index is -0.0600. The lowest BCUT2D eigenvalue weighted by Crippen LogP contribution is -2.30. The standard InChI is InChI=1S/C20H18N2O2/c1-2-22(17-10-4-3-5-11-17)20(23)16-9-8-12-18(15-16)24-19-13-6-7-14-21-19/h3-15H,2H2,1H3. The second-order valence-electron chi connectivity index (χ2n) is 5.18. The Hall–Kier alpha value is -3.14. The van der Waals surface area contributed by atoms with Crippen molar-refractivity contribution in [2.75, 3.05) is 11.4 Å². The van der Waals surface area contributed by atoms with E-state index in [0.29, 0.717) is 23.7 Å². The molecule has 0 atom stereocenters. The van der Waals surface area contributed by atoms with Crippen LogP contribution in [0.15, 0.2) is 79.0 Å². The maximum Gasteiger partial charge on any atom is 0.258 e. The fraction of sp³-hybridized carbons (Fsp3) is 0.100. The zero-order chi connectivity index (χ0) is 16.8. The van der Waals surface area contributed by atoms with Gasteiger partial charge in [-0.1, -0.05) is 30.3 Å². The Morgan fingerprint density at radius 3 is 2.50 bits per heavy atom. The van der Waals surface area contributed by atoms with Gasteiger partial charge < -0.3 is 9.64 Å². The van der Waals surface area contributed by atoms with E-state index in [1.165, 1.54) is 0 Å². The highest BCUT2D eigenvalue weighted by molar-refractivity contribution is 6.06. The van der Waals surface area contributed by atoms with Gasteiger partial charge in [0.1, 0.15) is 5.75 Å². The molecule has 24 heavy (non-hydrogen) atoms. The minimum Gasteiger partial charge on any atom is -0.439 e. The molecule has 0 radical (unpaired) electrons. The summed E-state index contributed by atoms with van der Waals surface area (Å²) in [6, 6.07) is 22.2. The Morgan fingerprint density at radius 2 is 1.79 bits per heavy atom. The number of carbonyl (C=O) groups excluding carboxylic acids is 1. The molecule has 0 fully saturated rings. The van der Waals surface area contributed by atoms with E-state index in [1.807, 2.05) is 61.5 Å². The molecule has 120 valence electrons. The van der Waals surface area contributed by atoms with Gasteiger partial charge in [0.2, 0.25) is 5.88 Å². The van der Waals surface area contributed by atoms with Gasteiger partial charge in [-0.15, -0.1) is 0 Å². The van der Waals surface area contributed by atoms with Gasteiger partial charge in [-0.25, -0.2) is 4.98 Å². The molecule has 2 aromatic carbocycles. The van der Waals surface area contributed by atoms with Crippen LogP contribution in [-0.2, 0) is 0 Å². The van der Waals surface area contributed by atoms with Crippen LogP contribution < -0.4 is 9.64 Å². The summed E-state index contributed by atoms with van der Waals surface area (Å²) in [7, 11) is 0. The average Bonchev–Trinajstić information content (AvgIpc) is 2.64. The zero-order valence-corrected chi connectivity index (χ0v) is 13.4.